The quantitative estimate of drug-likeness (QED) is 0.356. The van der Waals surface area contributed by atoms with Gasteiger partial charge in [-0.2, -0.15) is 0 Å². The zero-order valence-electron chi connectivity index (χ0n) is 13.6. The van der Waals surface area contributed by atoms with E-state index >= 15 is 0 Å². The van der Waals surface area contributed by atoms with Gasteiger partial charge < -0.3 is 20.6 Å². The number of carbonyl (C=O) groups is 2. The molecule has 22 heavy (non-hydrogen) atoms. The van der Waals surface area contributed by atoms with Crippen molar-refractivity contribution in [2.45, 2.75) is 38.4 Å². The van der Waals surface area contributed by atoms with Crippen LogP contribution in [-0.2, 0) is 17.6 Å². The Morgan fingerprint density at radius 1 is 1.55 bits per heavy atom. The summed E-state index contributed by atoms with van der Waals surface area (Å²) in [5, 5.41) is 12.0. The number of aryl methyl sites for hydroxylation is 1. The van der Waals surface area contributed by atoms with Crippen LogP contribution in [0.3, 0.4) is 0 Å². The molecule has 1 heterocycles. The van der Waals surface area contributed by atoms with E-state index in [0.29, 0.717) is 41.7 Å². The van der Waals surface area contributed by atoms with Gasteiger partial charge in [0.25, 0.3) is 0 Å². The van der Waals surface area contributed by atoms with Gasteiger partial charge in [-0.1, -0.05) is 0 Å². The first-order valence-corrected chi connectivity index (χ1v) is 7.22. The Kier molecular flexibility index (Phi) is 6.07. The van der Waals surface area contributed by atoms with E-state index in [0.717, 1.165) is 4.57 Å². The van der Waals surface area contributed by atoms with Gasteiger partial charge in [0.05, 0.1) is 26.8 Å². The molecule has 1 unspecified atom stereocenters. The van der Waals surface area contributed by atoms with E-state index in [9.17, 15) is 14.7 Å². The molecule has 8 heteroatoms. The highest BCUT2D eigenvalue weighted by Gasteiger charge is 2.24. The Bertz CT molecular complexity index is 519. The van der Waals surface area contributed by atoms with Crippen LogP contribution in [-0.4, -0.2) is 65.0 Å². The minimum Gasteiger partial charge on any atom is -0.464 e. The molecule has 1 aromatic heterocycles. The van der Waals surface area contributed by atoms with Gasteiger partial charge >= 0.3 is 6.09 Å². The Hall–Kier alpha value is -1.93. The number of nitrogens with two attached hydrogens (primary N) is 1. The SMILES string of the molecule is C[C@@H](N)Cc1cn(C(=O)O)c(CCC(NC=O)[N+](C)(C)C)n1. The number of carboxylic acid groups (broad SMARTS) is 1. The maximum Gasteiger partial charge on any atom is 0.417 e. The van der Waals surface area contributed by atoms with Crippen LogP contribution >= 0.6 is 0 Å². The fourth-order valence-electron chi connectivity index (χ4n) is 2.28. The molecule has 0 spiro atoms. The Morgan fingerprint density at radius 2 is 2.18 bits per heavy atom. The van der Waals surface area contributed by atoms with Gasteiger partial charge in [0.2, 0.25) is 6.41 Å². The molecule has 2 atom stereocenters. The number of carbonyl (C=O) groups excluding carboxylic acids is 1. The molecule has 0 aromatic carbocycles. The van der Waals surface area contributed by atoms with Crippen LogP contribution in [0.25, 0.3) is 0 Å². The highest BCUT2D eigenvalue weighted by Crippen LogP contribution is 2.12. The van der Waals surface area contributed by atoms with Crippen molar-refractivity contribution in [2.24, 2.45) is 5.73 Å². The second-order valence-electron chi connectivity index (χ2n) is 6.44. The summed E-state index contributed by atoms with van der Waals surface area (Å²) in [5.41, 5.74) is 6.40. The molecule has 1 aromatic rings. The molecule has 0 saturated carbocycles. The monoisotopic (exact) mass is 312 g/mol. The topological polar surface area (TPSA) is 110 Å². The third-order valence-corrected chi connectivity index (χ3v) is 3.40. The van der Waals surface area contributed by atoms with Crippen molar-refractivity contribution >= 4 is 12.5 Å². The number of nitrogens with one attached hydrogen (secondary N) is 1. The molecule has 0 radical (unpaired) electrons. The second kappa shape index (κ2) is 7.37. The van der Waals surface area contributed by atoms with Crippen molar-refractivity contribution in [2.75, 3.05) is 21.1 Å². The summed E-state index contributed by atoms with van der Waals surface area (Å²) in [4.78, 5) is 26.4. The van der Waals surface area contributed by atoms with E-state index in [2.05, 4.69) is 10.3 Å². The molecule has 0 aliphatic carbocycles. The van der Waals surface area contributed by atoms with Crippen LogP contribution in [0.1, 0.15) is 24.9 Å². The summed E-state index contributed by atoms with van der Waals surface area (Å²) in [6.45, 7) is 1.85. The highest BCUT2D eigenvalue weighted by molar-refractivity contribution is 5.68. The lowest BCUT2D eigenvalue weighted by Crippen LogP contribution is -2.53. The molecule has 1 amide bonds. The predicted octanol–water partition coefficient (Wildman–Crippen LogP) is 0.00980. The summed E-state index contributed by atoms with van der Waals surface area (Å²) in [6.07, 6.45) is 2.56. The number of nitrogens with zero attached hydrogens (tertiary/aromatic N) is 3. The fourth-order valence-corrected chi connectivity index (χ4v) is 2.28. The molecular weight excluding hydrogens is 286 g/mol. The van der Waals surface area contributed by atoms with E-state index in [-0.39, 0.29) is 12.2 Å². The first-order valence-electron chi connectivity index (χ1n) is 7.22. The predicted molar refractivity (Wildman–Crippen MR) is 82.3 cm³/mol. The molecule has 0 bridgehead atoms. The molecule has 8 nitrogen and oxygen atoms in total. The van der Waals surface area contributed by atoms with Crippen molar-refractivity contribution < 1.29 is 19.2 Å². The van der Waals surface area contributed by atoms with Gasteiger partial charge in [-0.15, -0.1) is 0 Å². The number of rotatable bonds is 8. The smallest absolute Gasteiger partial charge is 0.417 e. The molecule has 0 aliphatic rings. The van der Waals surface area contributed by atoms with E-state index in [1.54, 1.807) is 0 Å². The molecule has 124 valence electrons. The fraction of sp³-hybridized carbons (Fsp3) is 0.643. The van der Waals surface area contributed by atoms with Crippen molar-refractivity contribution in [1.82, 2.24) is 14.9 Å². The third-order valence-electron chi connectivity index (χ3n) is 3.40. The van der Waals surface area contributed by atoms with Crippen LogP contribution in [0.5, 0.6) is 0 Å². The molecule has 0 fully saturated rings. The first kappa shape index (κ1) is 18.1. The zero-order valence-corrected chi connectivity index (χ0v) is 13.6. The Labute approximate surface area is 130 Å². The van der Waals surface area contributed by atoms with Gasteiger partial charge in [0.1, 0.15) is 5.82 Å². The highest BCUT2D eigenvalue weighted by atomic mass is 16.4. The maximum absolute atomic E-state index is 11.3. The lowest BCUT2D eigenvalue weighted by atomic mass is 10.2. The normalized spacial score (nSPS) is 14.4. The molecule has 0 saturated heterocycles. The average molecular weight is 312 g/mol. The minimum absolute atomic E-state index is 0.0827. The van der Waals surface area contributed by atoms with Crippen LogP contribution in [0.4, 0.5) is 4.79 Å². The standard InChI is InChI=1S/C14H25N5O3/c1-10(15)7-11-8-18(14(21)22)12(17-11)5-6-13(16-9-20)19(2,3)4/h8-10,13H,5-7,15H2,1-4H3,(H-,16,20,21,22)/p+1/t10-,13?/m1/s1. The molecule has 1 rings (SSSR count). The molecular formula is C14H26N5O3+. The second-order valence-corrected chi connectivity index (χ2v) is 6.44. The Balaban J connectivity index is 2.89. The average Bonchev–Trinajstić information content (AvgIpc) is 2.75. The Morgan fingerprint density at radius 3 is 2.64 bits per heavy atom. The van der Waals surface area contributed by atoms with Gasteiger partial charge in [0.15, 0.2) is 6.17 Å². The minimum atomic E-state index is -1.07. The zero-order chi connectivity index (χ0) is 16.9. The van der Waals surface area contributed by atoms with Gasteiger partial charge in [0, 0.05) is 31.5 Å². The molecule has 4 N–H and O–H groups in total. The van der Waals surface area contributed by atoms with E-state index in [1.165, 1.54) is 6.20 Å². The van der Waals surface area contributed by atoms with Crippen molar-refractivity contribution in [3.8, 4) is 0 Å². The lowest BCUT2D eigenvalue weighted by molar-refractivity contribution is -0.898. The number of amides is 1. The van der Waals surface area contributed by atoms with Crippen molar-refractivity contribution in [1.29, 1.82) is 0 Å². The van der Waals surface area contributed by atoms with Crippen LogP contribution < -0.4 is 11.1 Å². The number of hydrogen-bond acceptors (Lipinski definition) is 4. The summed E-state index contributed by atoms with van der Waals surface area (Å²) in [7, 11) is 5.89. The molecule has 0 aliphatic heterocycles. The van der Waals surface area contributed by atoms with Gasteiger partial charge in [-0.25, -0.2) is 14.3 Å². The van der Waals surface area contributed by atoms with Crippen LogP contribution in [0.2, 0.25) is 0 Å². The number of quaternary nitrogens is 1. The van der Waals surface area contributed by atoms with E-state index in [1.807, 2.05) is 28.1 Å². The van der Waals surface area contributed by atoms with Crippen LogP contribution in [0, 0.1) is 0 Å². The van der Waals surface area contributed by atoms with E-state index in [4.69, 9.17) is 5.73 Å². The van der Waals surface area contributed by atoms with Crippen LogP contribution in [0.15, 0.2) is 6.20 Å². The summed E-state index contributed by atoms with van der Waals surface area (Å²) in [5.74, 6) is 0.467. The maximum atomic E-state index is 11.3. The summed E-state index contributed by atoms with van der Waals surface area (Å²) in [6, 6.07) is -0.0827. The van der Waals surface area contributed by atoms with Gasteiger partial charge in [-0.3, -0.25) is 4.79 Å². The van der Waals surface area contributed by atoms with E-state index < -0.39 is 6.09 Å². The summed E-state index contributed by atoms with van der Waals surface area (Å²) < 4.78 is 1.67. The van der Waals surface area contributed by atoms with Gasteiger partial charge in [-0.05, 0) is 6.92 Å². The number of hydrogen-bond donors (Lipinski definition) is 3. The van der Waals surface area contributed by atoms with Crippen molar-refractivity contribution in [3.63, 3.8) is 0 Å². The third kappa shape index (κ3) is 5.12. The first-order chi connectivity index (χ1) is 10.1. The lowest BCUT2D eigenvalue weighted by Gasteiger charge is -2.33. The van der Waals surface area contributed by atoms with Crippen molar-refractivity contribution in [3.05, 3.63) is 17.7 Å². The number of imidazole rings is 1. The summed E-state index contributed by atoms with van der Waals surface area (Å²) >= 11 is 0. The largest absolute Gasteiger partial charge is 0.464 e. The number of aromatic nitrogens is 2.